The zero-order valence-corrected chi connectivity index (χ0v) is 14.4. The first-order chi connectivity index (χ1) is 12.5. The Morgan fingerprint density at radius 1 is 1.15 bits per heavy atom. The lowest BCUT2D eigenvalue weighted by Gasteiger charge is -2.18. The van der Waals surface area contributed by atoms with Crippen molar-refractivity contribution >= 4 is 23.6 Å². The predicted octanol–water partition coefficient (Wildman–Crippen LogP) is 3.57. The Labute approximate surface area is 153 Å². The van der Waals surface area contributed by atoms with Crippen LogP contribution in [-0.2, 0) is 9.53 Å². The quantitative estimate of drug-likeness (QED) is 0.589. The SMILES string of the molecule is O=C(O[C@H](C(=O)NC1CC1)c1ccccc1)c1cccnc1SC(F)F. The lowest BCUT2D eigenvalue weighted by Crippen LogP contribution is -2.33. The van der Waals surface area contributed by atoms with Gasteiger partial charge in [0.25, 0.3) is 11.7 Å². The number of halogens is 2. The fraction of sp³-hybridized carbons (Fsp3) is 0.278. The summed E-state index contributed by atoms with van der Waals surface area (Å²) in [7, 11) is 0. The average molecular weight is 378 g/mol. The Bertz CT molecular complexity index is 785. The topological polar surface area (TPSA) is 68.3 Å². The lowest BCUT2D eigenvalue weighted by molar-refractivity contribution is -0.130. The minimum absolute atomic E-state index is 0.0933. The fourth-order valence-corrected chi connectivity index (χ4v) is 2.87. The van der Waals surface area contributed by atoms with Crippen molar-refractivity contribution in [3.05, 3.63) is 59.8 Å². The van der Waals surface area contributed by atoms with Crippen molar-refractivity contribution in [2.24, 2.45) is 0 Å². The van der Waals surface area contributed by atoms with E-state index in [-0.39, 0.29) is 28.4 Å². The number of esters is 1. The molecule has 1 aromatic heterocycles. The van der Waals surface area contributed by atoms with Gasteiger partial charge in [0.15, 0.2) is 0 Å². The summed E-state index contributed by atoms with van der Waals surface area (Å²) in [6.07, 6.45) is 1.93. The summed E-state index contributed by atoms with van der Waals surface area (Å²) < 4.78 is 30.7. The molecule has 0 saturated heterocycles. The summed E-state index contributed by atoms with van der Waals surface area (Å²) in [4.78, 5) is 28.8. The molecule has 0 radical (unpaired) electrons. The summed E-state index contributed by atoms with van der Waals surface area (Å²) >= 11 is 0.159. The lowest BCUT2D eigenvalue weighted by atomic mass is 10.1. The molecule has 5 nitrogen and oxygen atoms in total. The summed E-state index contributed by atoms with van der Waals surface area (Å²) in [5.74, 6) is -4.03. The highest BCUT2D eigenvalue weighted by atomic mass is 32.2. The number of aromatic nitrogens is 1. The monoisotopic (exact) mass is 378 g/mol. The number of benzene rings is 1. The van der Waals surface area contributed by atoms with Crippen LogP contribution in [0.25, 0.3) is 0 Å². The van der Waals surface area contributed by atoms with Crippen molar-refractivity contribution in [3.63, 3.8) is 0 Å². The van der Waals surface area contributed by atoms with E-state index in [0.29, 0.717) is 5.56 Å². The average Bonchev–Trinajstić information content (AvgIpc) is 3.44. The number of rotatable bonds is 7. The molecule has 0 spiro atoms. The molecular formula is C18H16F2N2O3S. The molecule has 0 aliphatic heterocycles. The second-order valence-electron chi connectivity index (χ2n) is 5.71. The maximum atomic E-state index is 12.7. The van der Waals surface area contributed by atoms with Crippen molar-refractivity contribution in [1.82, 2.24) is 10.3 Å². The molecule has 1 aromatic carbocycles. The molecule has 8 heteroatoms. The molecule has 1 N–H and O–H groups in total. The van der Waals surface area contributed by atoms with Crippen LogP contribution < -0.4 is 5.32 Å². The minimum atomic E-state index is -2.72. The number of hydrogen-bond acceptors (Lipinski definition) is 5. The number of carbonyl (C=O) groups is 2. The van der Waals surface area contributed by atoms with Crippen molar-refractivity contribution in [2.75, 3.05) is 0 Å². The predicted molar refractivity (Wildman–Crippen MR) is 91.9 cm³/mol. The second kappa shape index (κ2) is 8.27. The first kappa shape index (κ1) is 18.3. The van der Waals surface area contributed by atoms with Gasteiger partial charge < -0.3 is 10.1 Å². The Morgan fingerprint density at radius 2 is 1.88 bits per heavy atom. The van der Waals surface area contributed by atoms with E-state index in [2.05, 4.69) is 10.3 Å². The molecule has 1 aliphatic carbocycles. The van der Waals surface area contributed by atoms with Gasteiger partial charge in [-0.2, -0.15) is 8.78 Å². The Balaban J connectivity index is 1.82. The zero-order chi connectivity index (χ0) is 18.5. The van der Waals surface area contributed by atoms with Crippen LogP contribution in [-0.4, -0.2) is 28.7 Å². The number of hydrogen-bond donors (Lipinski definition) is 1. The number of nitrogens with one attached hydrogen (secondary N) is 1. The number of ether oxygens (including phenoxy) is 1. The van der Waals surface area contributed by atoms with Crippen LogP contribution in [0.2, 0.25) is 0 Å². The van der Waals surface area contributed by atoms with E-state index in [1.54, 1.807) is 30.3 Å². The third-order valence-electron chi connectivity index (χ3n) is 3.68. The van der Waals surface area contributed by atoms with Crippen LogP contribution in [0.3, 0.4) is 0 Å². The van der Waals surface area contributed by atoms with E-state index in [1.807, 2.05) is 0 Å². The largest absolute Gasteiger partial charge is 0.444 e. The molecule has 1 saturated carbocycles. The number of alkyl halides is 2. The first-order valence-electron chi connectivity index (χ1n) is 8.00. The highest BCUT2D eigenvalue weighted by Crippen LogP contribution is 2.29. The van der Waals surface area contributed by atoms with Crippen LogP contribution >= 0.6 is 11.8 Å². The third kappa shape index (κ3) is 4.78. The number of nitrogens with zero attached hydrogens (tertiary/aromatic N) is 1. The van der Waals surface area contributed by atoms with E-state index in [0.717, 1.165) is 12.8 Å². The van der Waals surface area contributed by atoms with Crippen LogP contribution in [0.4, 0.5) is 8.78 Å². The molecule has 1 aliphatic rings. The van der Waals surface area contributed by atoms with E-state index < -0.39 is 23.7 Å². The van der Waals surface area contributed by atoms with Crippen molar-refractivity contribution < 1.29 is 23.1 Å². The summed E-state index contributed by atoms with van der Waals surface area (Å²) in [6, 6.07) is 11.5. The maximum Gasteiger partial charge on any atom is 0.342 e. The number of pyridine rings is 1. The molecule has 3 rings (SSSR count). The molecule has 136 valence electrons. The van der Waals surface area contributed by atoms with E-state index in [9.17, 15) is 18.4 Å². The minimum Gasteiger partial charge on any atom is -0.444 e. The van der Waals surface area contributed by atoms with Gasteiger partial charge in [-0.1, -0.05) is 30.3 Å². The standard InChI is InChI=1S/C18H16F2N2O3S/c19-18(20)26-16-13(7-4-10-21-16)17(24)25-14(11-5-2-1-3-6-11)15(23)22-12-8-9-12/h1-7,10,12,14,18H,8-9H2,(H,22,23)/t14-/m0/s1. The van der Waals surface area contributed by atoms with Gasteiger partial charge in [-0.05, 0) is 36.7 Å². The number of carbonyl (C=O) groups excluding carboxylic acids is 2. The van der Waals surface area contributed by atoms with Crippen molar-refractivity contribution in [3.8, 4) is 0 Å². The van der Waals surface area contributed by atoms with E-state index in [1.165, 1.54) is 18.3 Å². The molecule has 2 aromatic rings. The molecule has 1 fully saturated rings. The molecule has 0 bridgehead atoms. The number of thioether (sulfide) groups is 1. The van der Waals surface area contributed by atoms with Crippen molar-refractivity contribution in [1.29, 1.82) is 0 Å². The van der Waals surface area contributed by atoms with Gasteiger partial charge in [-0.15, -0.1) is 0 Å². The first-order valence-corrected chi connectivity index (χ1v) is 8.88. The summed E-state index contributed by atoms with van der Waals surface area (Å²) in [5.41, 5.74) is 0.406. The molecule has 1 atom stereocenters. The van der Waals surface area contributed by atoms with Crippen LogP contribution in [0.15, 0.2) is 53.7 Å². The highest BCUT2D eigenvalue weighted by molar-refractivity contribution is 7.99. The third-order valence-corrected chi connectivity index (χ3v) is 4.41. The number of amides is 1. The molecule has 26 heavy (non-hydrogen) atoms. The van der Waals surface area contributed by atoms with Crippen molar-refractivity contribution in [2.45, 2.75) is 35.8 Å². The Kier molecular flexibility index (Phi) is 5.82. The van der Waals surface area contributed by atoms with Gasteiger partial charge in [0.05, 0.1) is 5.56 Å². The van der Waals surface area contributed by atoms with Crippen LogP contribution in [0.1, 0.15) is 34.9 Å². The fourth-order valence-electron chi connectivity index (χ4n) is 2.30. The van der Waals surface area contributed by atoms with Crippen LogP contribution in [0.5, 0.6) is 0 Å². The van der Waals surface area contributed by atoms with Gasteiger partial charge in [-0.25, -0.2) is 9.78 Å². The van der Waals surface area contributed by atoms with E-state index >= 15 is 0 Å². The van der Waals surface area contributed by atoms with Gasteiger partial charge in [-0.3, -0.25) is 4.79 Å². The van der Waals surface area contributed by atoms with E-state index in [4.69, 9.17) is 4.74 Å². The van der Waals surface area contributed by atoms with Gasteiger partial charge in [0.1, 0.15) is 5.03 Å². The normalized spacial score (nSPS) is 14.7. The second-order valence-corrected chi connectivity index (χ2v) is 6.69. The highest BCUT2D eigenvalue weighted by Gasteiger charge is 2.31. The van der Waals surface area contributed by atoms with Gasteiger partial charge >= 0.3 is 5.97 Å². The zero-order valence-electron chi connectivity index (χ0n) is 13.6. The van der Waals surface area contributed by atoms with Gasteiger partial charge in [0.2, 0.25) is 6.10 Å². The smallest absolute Gasteiger partial charge is 0.342 e. The Hall–Kier alpha value is -2.48. The molecule has 0 unspecified atom stereocenters. The molecule has 1 amide bonds. The van der Waals surface area contributed by atoms with Gasteiger partial charge in [0, 0.05) is 17.8 Å². The summed E-state index contributed by atoms with van der Waals surface area (Å²) in [6.45, 7) is 0. The maximum absolute atomic E-state index is 12.7. The Morgan fingerprint density at radius 3 is 2.54 bits per heavy atom. The van der Waals surface area contributed by atoms with Crippen LogP contribution in [0, 0.1) is 0 Å². The molecular weight excluding hydrogens is 362 g/mol. The molecule has 1 heterocycles. The summed E-state index contributed by atoms with van der Waals surface area (Å²) in [5, 5.41) is 2.66.